The summed E-state index contributed by atoms with van der Waals surface area (Å²) >= 11 is 0. The molecule has 0 N–H and O–H groups in total. The normalized spacial score (nSPS) is 12.4. The summed E-state index contributed by atoms with van der Waals surface area (Å²) in [4.78, 5) is 0. The van der Waals surface area contributed by atoms with Gasteiger partial charge in [0.2, 0.25) is 0 Å². The van der Waals surface area contributed by atoms with Gasteiger partial charge in [-0.3, -0.25) is 0 Å². The van der Waals surface area contributed by atoms with E-state index in [9.17, 15) is 0 Å². The molecule has 3 nitrogen and oxygen atoms in total. The molecule has 2 rings (SSSR count). The number of methoxy groups -OCH3 is 3. The van der Waals surface area contributed by atoms with Crippen LogP contribution in [0.25, 0.3) is 0 Å². The van der Waals surface area contributed by atoms with Crippen LogP contribution in [-0.2, 0) is 9.47 Å². The summed E-state index contributed by atoms with van der Waals surface area (Å²) in [5.41, 5.74) is 2.18. The number of rotatable bonds is 6. The standard InChI is InChI=1S/C17H20O3/c1-18-15-12-8-7-11-14(15)16(17(19-2)20-3)13-9-5-4-6-10-13/h4-12,16-17H,1-3H3. The Labute approximate surface area is 120 Å². The van der Waals surface area contributed by atoms with Crippen LogP contribution in [0.15, 0.2) is 54.6 Å². The molecule has 0 aromatic heterocycles. The fraction of sp³-hybridized carbons (Fsp3) is 0.294. The summed E-state index contributed by atoms with van der Waals surface area (Å²) in [6, 6.07) is 18.1. The third-order valence-corrected chi connectivity index (χ3v) is 3.37. The van der Waals surface area contributed by atoms with Gasteiger partial charge in [0.1, 0.15) is 5.75 Å². The van der Waals surface area contributed by atoms with Gasteiger partial charge in [0.25, 0.3) is 0 Å². The Morgan fingerprint density at radius 3 is 1.95 bits per heavy atom. The fourth-order valence-corrected chi connectivity index (χ4v) is 2.44. The molecule has 0 spiro atoms. The largest absolute Gasteiger partial charge is 0.496 e. The van der Waals surface area contributed by atoms with Crippen molar-refractivity contribution in [2.75, 3.05) is 21.3 Å². The van der Waals surface area contributed by atoms with E-state index in [1.807, 2.05) is 42.5 Å². The van der Waals surface area contributed by atoms with Gasteiger partial charge in [0, 0.05) is 19.8 Å². The lowest BCUT2D eigenvalue weighted by molar-refractivity contribution is -0.111. The minimum absolute atomic E-state index is 0.0395. The zero-order chi connectivity index (χ0) is 14.4. The monoisotopic (exact) mass is 272 g/mol. The van der Waals surface area contributed by atoms with Gasteiger partial charge in [-0.05, 0) is 11.6 Å². The highest BCUT2D eigenvalue weighted by atomic mass is 16.7. The van der Waals surface area contributed by atoms with Crippen molar-refractivity contribution in [3.05, 3.63) is 65.7 Å². The van der Waals surface area contributed by atoms with Gasteiger partial charge in [-0.2, -0.15) is 0 Å². The van der Waals surface area contributed by atoms with Gasteiger partial charge in [0.05, 0.1) is 13.0 Å². The van der Waals surface area contributed by atoms with Crippen LogP contribution in [0.3, 0.4) is 0 Å². The zero-order valence-corrected chi connectivity index (χ0v) is 12.1. The molecule has 1 atom stereocenters. The van der Waals surface area contributed by atoms with E-state index in [1.54, 1.807) is 21.3 Å². The van der Waals surface area contributed by atoms with E-state index < -0.39 is 0 Å². The second kappa shape index (κ2) is 7.08. The first-order chi connectivity index (χ1) is 9.81. The Morgan fingerprint density at radius 1 is 0.750 bits per heavy atom. The number of hydrogen-bond donors (Lipinski definition) is 0. The van der Waals surface area contributed by atoms with Crippen molar-refractivity contribution in [1.82, 2.24) is 0 Å². The second-order valence-electron chi connectivity index (χ2n) is 4.47. The van der Waals surface area contributed by atoms with Gasteiger partial charge in [-0.25, -0.2) is 0 Å². The van der Waals surface area contributed by atoms with E-state index in [0.29, 0.717) is 0 Å². The van der Waals surface area contributed by atoms with Crippen LogP contribution in [0.5, 0.6) is 5.75 Å². The Bertz CT molecular complexity index is 521. The molecule has 3 heteroatoms. The third kappa shape index (κ3) is 3.00. The Hall–Kier alpha value is -1.84. The van der Waals surface area contributed by atoms with Crippen molar-refractivity contribution >= 4 is 0 Å². The van der Waals surface area contributed by atoms with Gasteiger partial charge in [0.15, 0.2) is 6.29 Å². The minimum atomic E-state index is -0.367. The average Bonchev–Trinajstić information content (AvgIpc) is 2.53. The highest BCUT2D eigenvalue weighted by molar-refractivity contribution is 5.42. The summed E-state index contributed by atoms with van der Waals surface area (Å²) in [5, 5.41) is 0. The van der Waals surface area contributed by atoms with Crippen LogP contribution in [0.4, 0.5) is 0 Å². The smallest absolute Gasteiger partial charge is 0.167 e. The van der Waals surface area contributed by atoms with Gasteiger partial charge in [-0.1, -0.05) is 48.5 Å². The second-order valence-corrected chi connectivity index (χ2v) is 4.47. The highest BCUT2D eigenvalue weighted by Crippen LogP contribution is 2.35. The van der Waals surface area contributed by atoms with Crippen molar-refractivity contribution in [2.45, 2.75) is 12.2 Å². The predicted molar refractivity (Wildman–Crippen MR) is 79.1 cm³/mol. The Balaban J connectivity index is 2.51. The molecule has 0 radical (unpaired) electrons. The molecule has 0 aliphatic rings. The first-order valence-electron chi connectivity index (χ1n) is 6.55. The average molecular weight is 272 g/mol. The first kappa shape index (κ1) is 14.6. The maximum absolute atomic E-state index is 5.49. The molecule has 106 valence electrons. The molecule has 2 aromatic carbocycles. The van der Waals surface area contributed by atoms with Gasteiger partial charge in [-0.15, -0.1) is 0 Å². The third-order valence-electron chi connectivity index (χ3n) is 3.37. The van der Waals surface area contributed by atoms with Crippen molar-refractivity contribution in [3.8, 4) is 5.75 Å². The predicted octanol–water partition coefficient (Wildman–Crippen LogP) is 3.45. The minimum Gasteiger partial charge on any atom is -0.496 e. The summed E-state index contributed by atoms with van der Waals surface area (Å²) < 4.78 is 16.5. The van der Waals surface area contributed by atoms with Crippen LogP contribution in [0.2, 0.25) is 0 Å². The molecule has 0 bridgehead atoms. The van der Waals surface area contributed by atoms with Gasteiger partial charge < -0.3 is 14.2 Å². The van der Waals surface area contributed by atoms with Crippen molar-refractivity contribution in [2.24, 2.45) is 0 Å². The maximum Gasteiger partial charge on any atom is 0.167 e. The quantitative estimate of drug-likeness (QED) is 0.754. The lowest BCUT2D eigenvalue weighted by Crippen LogP contribution is -2.24. The van der Waals surface area contributed by atoms with E-state index in [0.717, 1.165) is 16.9 Å². The maximum atomic E-state index is 5.49. The first-order valence-corrected chi connectivity index (χ1v) is 6.55. The molecule has 1 unspecified atom stereocenters. The van der Waals surface area contributed by atoms with Crippen LogP contribution in [0.1, 0.15) is 17.0 Å². The molecule has 0 aliphatic carbocycles. The van der Waals surface area contributed by atoms with Crippen molar-refractivity contribution in [3.63, 3.8) is 0 Å². The van der Waals surface area contributed by atoms with E-state index in [1.165, 1.54) is 0 Å². The molecule has 0 saturated carbocycles. The summed E-state index contributed by atoms with van der Waals surface area (Å²) in [6.45, 7) is 0. The van der Waals surface area contributed by atoms with E-state index >= 15 is 0 Å². The van der Waals surface area contributed by atoms with Crippen LogP contribution < -0.4 is 4.74 Å². The summed E-state index contributed by atoms with van der Waals surface area (Å²) in [6.07, 6.45) is -0.367. The Kier molecular flexibility index (Phi) is 5.16. The molecule has 0 aliphatic heterocycles. The number of hydrogen-bond acceptors (Lipinski definition) is 3. The molecule has 0 amide bonds. The molecular formula is C17H20O3. The molecule has 20 heavy (non-hydrogen) atoms. The summed E-state index contributed by atoms with van der Waals surface area (Å²) in [7, 11) is 4.98. The molecular weight excluding hydrogens is 252 g/mol. The van der Waals surface area contributed by atoms with E-state index in [2.05, 4.69) is 12.1 Å². The summed E-state index contributed by atoms with van der Waals surface area (Å²) in [5.74, 6) is 0.794. The van der Waals surface area contributed by atoms with E-state index in [-0.39, 0.29) is 12.2 Å². The lowest BCUT2D eigenvalue weighted by atomic mass is 9.90. The van der Waals surface area contributed by atoms with Crippen LogP contribution in [0, 0.1) is 0 Å². The van der Waals surface area contributed by atoms with E-state index in [4.69, 9.17) is 14.2 Å². The van der Waals surface area contributed by atoms with Crippen molar-refractivity contribution in [1.29, 1.82) is 0 Å². The fourth-order valence-electron chi connectivity index (χ4n) is 2.44. The topological polar surface area (TPSA) is 27.7 Å². The molecule has 0 fully saturated rings. The van der Waals surface area contributed by atoms with Crippen LogP contribution in [-0.4, -0.2) is 27.6 Å². The Morgan fingerprint density at radius 2 is 1.35 bits per heavy atom. The SMILES string of the molecule is COc1ccccc1C(c1ccccc1)C(OC)OC. The highest BCUT2D eigenvalue weighted by Gasteiger charge is 2.27. The van der Waals surface area contributed by atoms with Crippen LogP contribution >= 0.6 is 0 Å². The zero-order valence-electron chi connectivity index (χ0n) is 12.1. The number of benzene rings is 2. The molecule has 0 heterocycles. The molecule has 0 saturated heterocycles. The van der Waals surface area contributed by atoms with Gasteiger partial charge >= 0.3 is 0 Å². The lowest BCUT2D eigenvalue weighted by Gasteiger charge is -2.27. The number of para-hydroxylation sites is 1. The van der Waals surface area contributed by atoms with Crippen molar-refractivity contribution < 1.29 is 14.2 Å². The number of ether oxygens (including phenoxy) is 3. The molecule has 2 aromatic rings.